The first-order valence-corrected chi connectivity index (χ1v) is 7.74. The van der Waals surface area contributed by atoms with Crippen molar-refractivity contribution in [3.8, 4) is 0 Å². The molecule has 0 aliphatic heterocycles. The van der Waals surface area contributed by atoms with Gasteiger partial charge in [0.05, 0.1) is 0 Å². The van der Waals surface area contributed by atoms with Crippen LogP contribution in [-0.2, 0) is 25.8 Å². The molecule has 2 unspecified atom stereocenters. The van der Waals surface area contributed by atoms with E-state index in [1.807, 2.05) is 18.8 Å². The minimum Gasteiger partial charge on any atom is -0.668 e. The molecule has 0 N–H and O–H groups in total. The zero-order valence-electron chi connectivity index (χ0n) is 12.6. The Balaban J connectivity index is -0.000000106. The average molecular weight is 552 g/mol. The fraction of sp³-hybridized carbons (Fsp3) is 0.917. The SMILES string of the molecule is C[N-]C.C[N-]C.C[N-]CSC1CCCC1I.[CH3-].[Hf+4]. The van der Waals surface area contributed by atoms with Gasteiger partial charge in [0.25, 0.3) is 0 Å². The van der Waals surface area contributed by atoms with Crippen molar-refractivity contribution in [2.75, 3.05) is 41.1 Å². The molecular formula is C12H28HfIN3S. The third-order valence-corrected chi connectivity index (χ3v) is 5.17. The molecule has 0 spiro atoms. The molecule has 0 aromatic carbocycles. The second kappa shape index (κ2) is 23.9. The Morgan fingerprint density at radius 3 is 1.78 bits per heavy atom. The zero-order chi connectivity index (χ0) is 12.8. The van der Waals surface area contributed by atoms with E-state index >= 15 is 0 Å². The van der Waals surface area contributed by atoms with Crippen LogP contribution in [0.5, 0.6) is 0 Å². The number of hydrogen-bond donors (Lipinski definition) is 0. The predicted molar refractivity (Wildman–Crippen MR) is 94.0 cm³/mol. The number of halogens is 1. The van der Waals surface area contributed by atoms with Crippen molar-refractivity contribution in [1.29, 1.82) is 0 Å². The number of alkyl halides is 1. The summed E-state index contributed by atoms with van der Waals surface area (Å²) in [5.74, 6) is 0.990. The number of rotatable bonds is 3. The van der Waals surface area contributed by atoms with E-state index in [0.717, 1.165) is 15.1 Å². The van der Waals surface area contributed by atoms with Crippen molar-refractivity contribution < 1.29 is 25.8 Å². The minimum atomic E-state index is 0. The molecule has 0 heterocycles. The Hall–Kier alpha value is 1.83. The molecule has 1 saturated carbocycles. The van der Waals surface area contributed by atoms with Gasteiger partial charge in [0.2, 0.25) is 0 Å². The first kappa shape index (κ1) is 28.1. The smallest absolute Gasteiger partial charge is 0.668 e. The van der Waals surface area contributed by atoms with Gasteiger partial charge in [-0.3, -0.25) is 0 Å². The summed E-state index contributed by atoms with van der Waals surface area (Å²) in [5, 5.41) is 12.0. The van der Waals surface area contributed by atoms with Gasteiger partial charge in [-0.2, -0.15) is 47.0 Å². The van der Waals surface area contributed by atoms with Crippen LogP contribution in [0.2, 0.25) is 0 Å². The van der Waals surface area contributed by atoms with Crippen molar-refractivity contribution >= 4 is 34.4 Å². The molecule has 1 aliphatic rings. The van der Waals surface area contributed by atoms with Crippen LogP contribution in [0.3, 0.4) is 0 Å². The first-order chi connectivity index (χ1) is 7.67. The van der Waals surface area contributed by atoms with E-state index in [9.17, 15) is 0 Å². The van der Waals surface area contributed by atoms with Crippen LogP contribution in [0, 0.1) is 7.43 Å². The Labute approximate surface area is 152 Å². The molecule has 108 valence electrons. The summed E-state index contributed by atoms with van der Waals surface area (Å²) >= 11 is 4.59. The molecule has 18 heavy (non-hydrogen) atoms. The van der Waals surface area contributed by atoms with Gasteiger partial charge in [0, 0.05) is 9.17 Å². The van der Waals surface area contributed by atoms with Gasteiger partial charge in [0.1, 0.15) is 0 Å². The number of thioether (sulfide) groups is 1. The summed E-state index contributed by atoms with van der Waals surface area (Å²) in [6.45, 7) is 0. The fourth-order valence-electron chi connectivity index (χ4n) is 1.24. The molecule has 1 aliphatic carbocycles. The molecule has 0 aromatic rings. The summed E-state index contributed by atoms with van der Waals surface area (Å²) in [4.78, 5) is 0. The van der Waals surface area contributed by atoms with Crippen molar-refractivity contribution in [3.63, 3.8) is 0 Å². The van der Waals surface area contributed by atoms with Gasteiger partial charge < -0.3 is 23.4 Å². The Bertz CT molecular complexity index is 132. The van der Waals surface area contributed by atoms with Crippen molar-refractivity contribution in [1.82, 2.24) is 0 Å². The van der Waals surface area contributed by atoms with Crippen molar-refractivity contribution in [2.24, 2.45) is 0 Å². The summed E-state index contributed by atoms with van der Waals surface area (Å²) in [6, 6.07) is 0. The van der Waals surface area contributed by atoms with E-state index in [-0.39, 0.29) is 33.3 Å². The average Bonchev–Trinajstić information content (AvgIpc) is 2.63. The van der Waals surface area contributed by atoms with Crippen LogP contribution < -0.4 is 0 Å². The van der Waals surface area contributed by atoms with Crippen molar-refractivity contribution in [3.05, 3.63) is 23.4 Å². The maximum atomic E-state index is 4.09. The van der Waals surface area contributed by atoms with Crippen LogP contribution in [-0.4, -0.2) is 50.3 Å². The third-order valence-electron chi connectivity index (χ3n) is 1.79. The van der Waals surface area contributed by atoms with Crippen LogP contribution in [0.15, 0.2) is 0 Å². The monoisotopic (exact) mass is 553 g/mol. The van der Waals surface area contributed by atoms with Gasteiger partial charge in [0.15, 0.2) is 0 Å². The molecule has 1 fully saturated rings. The topological polar surface area (TPSA) is 42.3 Å². The number of hydrogen-bond acceptors (Lipinski definition) is 1. The second-order valence-corrected chi connectivity index (χ2v) is 6.29. The van der Waals surface area contributed by atoms with E-state index in [4.69, 9.17) is 0 Å². The van der Waals surface area contributed by atoms with Crippen LogP contribution >= 0.6 is 34.4 Å². The summed E-state index contributed by atoms with van der Waals surface area (Å²) in [5.41, 5.74) is 0. The third kappa shape index (κ3) is 20.2. The van der Waals surface area contributed by atoms with E-state index in [1.54, 1.807) is 28.2 Å². The summed E-state index contributed by atoms with van der Waals surface area (Å²) < 4.78 is 0.907. The molecule has 1 rings (SSSR count). The molecule has 0 amide bonds. The molecule has 0 aromatic heterocycles. The van der Waals surface area contributed by atoms with E-state index in [0.29, 0.717) is 0 Å². The van der Waals surface area contributed by atoms with Crippen molar-refractivity contribution in [2.45, 2.75) is 28.4 Å². The molecule has 0 radical (unpaired) electrons. The normalized spacial score (nSPS) is 20.3. The number of nitrogens with zero attached hydrogens (tertiary/aromatic N) is 3. The standard InChI is InChI=1S/C7H13INS.2C2H6N.CH3.Hf/c1-9-5-10-7-4-2-3-6(7)8;2*1-3-2;;/h6-7H,2-5H2,1H3;2*1-2H3;1H3;/q4*-1;+4. The maximum absolute atomic E-state index is 4.09. The van der Waals surface area contributed by atoms with Gasteiger partial charge in [-0.25, -0.2) is 0 Å². The van der Waals surface area contributed by atoms with Crippen LogP contribution in [0.25, 0.3) is 16.0 Å². The van der Waals surface area contributed by atoms with Gasteiger partial charge in [-0.15, -0.1) is 5.88 Å². The summed E-state index contributed by atoms with van der Waals surface area (Å²) in [7, 11) is 8.89. The minimum absolute atomic E-state index is 0. The van der Waals surface area contributed by atoms with Gasteiger partial charge in [-0.1, -0.05) is 29.0 Å². The molecule has 3 nitrogen and oxygen atoms in total. The predicted octanol–water partition coefficient (Wildman–Crippen LogP) is 4.72. The molecule has 0 bridgehead atoms. The molecule has 6 heteroatoms. The van der Waals surface area contributed by atoms with E-state index in [1.165, 1.54) is 19.3 Å². The fourth-order valence-corrected chi connectivity index (χ4v) is 3.68. The van der Waals surface area contributed by atoms with Crippen LogP contribution in [0.1, 0.15) is 19.3 Å². The Morgan fingerprint density at radius 2 is 1.50 bits per heavy atom. The van der Waals surface area contributed by atoms with E-state index in [2.05, 4.69) is 38.5 Å². The zero-order valence-corrected chi connectivity index (χ0v) is 19.2. The molecule has 2 atom stereocenters. The Kier molecular flexibility index (Phi) is 37.2. The quantitative estimate of drug-likeness (QED) is 0.217. The van der Waals surface area contributed by atoms with Gasteiger partial charge in [-0.05, 0) is 12.8 Å². The van der Waals surface area contributed by atoms with Gasteiger partial charge >= 0.3 is 25.8 Å². The largest absolute Gasteiger partial charge is 4.00 e. The second-order valence-electron chi connectivity index (χ2n) is 3.49. The molecule has 0 saturated heterocycles. The van der Waals surface area contributed by atoms with Crippen LogP contribution in [0.4, 0.5) is 0 Å². The maximum Gasteiger partial charge on any atom is 4.00 e. The Morgan fingerprint density at radius 1 is 1.06 bits per heavy atom. The first-order valence-electron chi connectivity index (χ1n) is 5.44. The molecular weight excluding hydrogens is 524 g/mol. The van der Waals surface area contributed by atoms with E-state index < -0.39 is 0 Å². The summed E-state index contributed by atoms with van der Waals surface area (Å²) in [6.07, 6.45) is 4.25.